The van der Waals surface area contributed by atoms with E-state index in [0.717, 1.165) is 19.3 Å². The third kappa shape index (κ3) is 10.1. The maximum atomic E-state index is 11.5. The molecule has 0 radical (unpaired) electrons. The largest absolute Gasteiger partial charge is 0.481 e. The lowest BCUT2D eigenvalue weighted by Gasteiger charge is -2.29. The van der Waals surface area contributed by atoms with Gasteiger partial charge in [0.25, 0.3) is 0 Å². The number of carboxylic acid groups (broad SMARTS) is 1. The number of amides is 1. The second-order valence-electron chi connectivity index (χ2n) is 6.58. The van der Waals surface area contributed by atoms with Gasteiger partial charge < -0.3 is 20.5 Å². The summed E-state index contributed by atoms with van der Waals surface area (Å²) in [5.74, 6) is -3.04. The van der Waals surface area contributed by atoms with Gasteiger partial charge >= 0.3 is 5.97 Å². The molecule has 0 aromatic rings. The van der Waals surface area contributed by atoms with Crippen LogP contribution >= 0.6 is 8.46 Å². The Bertz CT molecular complexity index is 391. The molecule has 3 atom stereocenters. The lowest BCUT2D eigenvalue weighted by Crippen LogP contribution is -2.38. The molecule has 0 aliphatic carbocycles. The highest BCUT2D eigenvalue weighted by atomic mass is 31.1. The molecule has 24 heavy (non-hydrogen) atoms. The number of carbonyl (C=O) groups excluding carboxylic acids is 1. The van der Waals surface area contributed by atoms with Crippen LogP contribution in [-0.2, 0) is 14.2 Å². The van der Waals surface area contributed by atoms with Crippen molar-refractivity contribution in [2.75, 3.05) is 0 Å². The van der Waals surface area contributed by atoms with Crippen LogP contribution in [-0.4, -0.2) is 27.4 Å². The van der Waals surface area contributed by atoms with Gasteiger partial charge in [0.1, 0.15) is 5.34 Å². The first-order valence-electron chi connectivity index (χ1n) is 9.07. The molecule has 6 nitrogen and oxygen atoms in total. The first kappa shape index (κ1) is 23.1. The van der Waals surface area contributed by atoms with Gasteiger partial charge in [-0.2, -0.15) is 0 Å². The third-order valence-corrected chi connectivity index (χ3v) is 5.57. The molecule has 142 valence electrons. The zero-order chi connectivity index (χ0) is 18.4. The molecule has 0 spiro atoms. The van der Waals surface area contributed by atoms with E-state index >= 15 is 0 Å². The van der Waals surface area contributed by atoms with Crippen molar-refractivity contribution in [3.05, 3.63) is 0 Å². The van der Waals surface area contributed by atoms with Crippen LogP contribution in [0.4, 0.5) is 0 Å². The van der Waals surface area contributed by atoms with Crippen molar-refractivity contribution in [1.82, 2.24) is 0 Å². The number of nitrogens with two attached hydrogens (primary N) is 1. The average Bonchev–Trinajstić information content (AvgIpc) is 2.52. The molecule has 0 saturated heterocycles. The van der Waals surface area contributed by atoms with Crippen LogP contribution in [0.25, 0.3) is 0 Å². The zero-order valence-electron chi connectivity index (χ0n) is 14.8. The van der Waals surface area contributed by atoms with Gasteiger partial charge in [0.2, 0.25) is 5.91 Å². The Labute approximate surface area is 146 Å². The van der Waals surface area contributed by atoms with Gasteiger partial charge in [0.05, 0.1) is 14.4 Å². The Morgan fingerprint density at radius 2 is 1.54 bits per heavy atom. The van der Waals surface area contributed by atoms with E-state index in [1.54, 1.807) is 0 Å². The van der Waals surface area contributed by atoms with Crippen molar-refractivity contribution in [2.45, 2.75) is 89.3 Å². The number of hydrogen-bond donors (Lipinski definition) is 3. The van der Waals surface area contributed by atoms with E-state index in [4.69, 9.17) is 5.73 Å². The van der Waals surface area contributed by atoms with Gasteiger partial charge in [0.15, 0.2) is 0 Å². The molecule has 0 heterocycles. The molecule has 4 N–H and O–H groups in total. The predicted molar refractivity (Wildman–Crippen MR) is 96.7 cm³/mol. The van der Waals surface area contributed by atoms with Crippen LogP contribution in [0.5, 0.6) is 0 Å². The molecule has 0 fully saturated rings. The average molecular weight is 363 g/mol. The topological polar surface area (TPSA) is 118 Å². The molecule has 0 rings (SSSR count). The van der Waals surface area contributed by atoms with E-state index in [2.05, 4.69) is 6.92 Å². The molecule has 0 aromatic carbocycles. The summed E-state index contributed by atoms with van der Waals surface area (Å²) in [4.78, 5) is 22.2. The second-order valence-corrected chi connectivity index (χ2v) is 7.82. The minimum Gasteiger partial charge on any atom is -0.481 e. The lowest BCUT2D eigenvalue weighted by atomic mass is 9.91. The number of aliphatic carboxylic acids is 1. The highest BCUT2D eigenvalue weighted by Gasteiger charge is 2.40. The van der Waals surface area contributed by atoms with Crippen LogP contribution in [0.15, 0.2) is 0 Å². The summed E-state index contributed by atoms with van der Waals surface area (Å²) in [5, 5.41) is 18.0. The highest BCUT2D eigenvalue weighted by Crippen LogP contribution is 2.37. The number of unbranched alkanes of at least 4 members (excludes halogenated alkanes) is 8. The van der Waals surface area contributed by atoms with Crippen molar-refractivity contribution < 1.29 is 24.4 Å². The molecule has 0 aliphatic rings. The maximum Gasteiger partial charge on any atom is 0.309 e. The van der Waals surface area contributed by atoms with Crippen LogP contribution in [0.3, 0.4) is 0 Å². The van der Waals surface area contributed by atoms with Crippen LogP contribution in [0, 0.1) is 5.92 Å². The molecular weight excluding hydrogens is 329 g/mol. The number of carboxylic acids is 1. The fraction of sp³-hybridized carbons (Fsp3) is 0.882. The first-order chi connectivity index (χ1) is 11.4. The van der Waals surface area contributed by atoms with Crippen molar-refractivity contribution in [2.24, 2.45) is 11.7 Å². The summed E-state index contributed by atoms with van der Waals surface area (Å²) in [5.41, 5.74) is 5.04. The number of hydrogen-bond acceptors (Lipinski definition) is 4. The van der Waals surface area contributed by atoms with Crippen LogP contribution in [0.1, 0.15) is 84.0 Å². The monoisotopic (exact) mass is 363 g/mol. The highest BCUT2D eigenvalue weighted by molar-refractivity contribution is 7.25. The SMILES string of the molecule is CCCCCCCCCCCC(O)([PH2]=O)C(CCC(N)=O)C(=O)O. The minimum absolute atomic E-state index is 0.0756. The van der Waals surface area contributed by atoms with Gasteiger partial charge in [-0.05, 0) is 12.8 Å². The Hall–Kier alpha value is -0.870. The van der Waals surface area contributed by atoms with Crippen molar-refractivity contribution in [1.29, 1.82) is 0 Å². The Balaban J connectivity index is 4.17. The van der Waals surface area contributed by atoms with E-state index in [9.17, 15) is 24.4 Å². The quantitative estimate of drug-likeness (QED) is 0.287. The summed E-state index contributed by atoms with van der Waals surface area (Å²) in [7, 11) is -1.66. The first-order valence-corrected chi connectivity index (χ1v) is 10.1. The second kappa shape index (κ2) is 13.4. The molecule has 3 unspecified atom stereocenters. The van der Waals surface area contributed by atoms with Gasteiger partial charge in [0, 0.05) is 6.42 Å². The molecule has 0 aliphatic heterocycles. The van der Waals surface area contributed by atoms with E-state index in [1.807, 2.05) is 0 Å². The number of primary amides is 1. The number of aliphatic hydroxyl groups is 1. The smallest absolute Gasteiger partial charge is 0.309 e. The van der Waals surface area contributed by atoms with Gasteiger partial charge in [-0.15, -0.1) is 0 Å². The van der Waals surface area contributed by atoms with E-state index in [0.29, 0.717) is 6.42 Å². The Morgan fingerprint density at radius 3 is 1.96 bits per heavy atom. The molecular formula is C17H34NO5P. The van der Waals surface area contributed by atoms with E-state index in [1.165, 1.54) is 32.1 Å². The predicted octanol–water partition coefficient (Wildman–Crippen LogP) is 3.32. The summed E-state index contributed by atoms with van der Waals surface area (Å²) in [6.45, 7) is 2.19. The minimum atomic E-state index is -1.72. The van der Waals surface area contributed by atoms with Gasteiger partial charge in [-0.1, -0.05) is 64.7 Å². The van der Waals surface area contributed by atoms with Crippen molar-refractivity contribution in [3.8, 4) is 0 Å². The molecule has 1 amide bonds. The lowest BCUT2D eigenvalue weighted by molar-refractivity contribution is -0.148. The van der Waals surface area contributed by atoms with Gasteiger partial charge in [-0.25, -0.2) is 0 Å². The van der Waals surface area contributed by atoms with E-state index < -0.39 is 31.6 Å². The third-order valence-electron chi connectivity index (χ3n) is 4.47. The normalized spacial score (nSPS) is 15.4. The zero-order valence-corrected chi connectivity index (χ0v) is 16.0. The van der Waals surface area contributed by atoms with Crippen LogP contribution < -0.4 is 5.73 Å². The molecule has 0 saturated carbocycles. The summed E-state index contributed by atoms with van der Waals surface area (Å²) < 4.78 is 11.5. The van der Waals surface area contributed by atoms with Crippen molar-refractivity contribution >= 4 is 20.3 Å². The Morgan fingerprint density at radius 1 is 1.04 bits per heavy atom. The van der Waals surface area contributed by atoms with Gasteiger partial charge in [-0.3, -0.25) is 9.59 Å². The molecule has 0 aromatic heterocycles. The molecule has 0 bridgehead atoms. The molecule has 7 heteroatoms. The summed E-state index contributed by atoms with van der Waals surface area (Å²) in [6.07, 6.45) is 9.92. The fourth-order valence-corrected chi connectivity index (χ4v) is 3.70. The Kier molecular flexibility index (Phi) is 12.9. The summed E-state index contributed by atoms with van der Waals surface area (Å²) in [6, 6.07) is 0. The van der Waals surface area contributed by atoms with Crippen LogP contribution in [0.2, 0.25) is 0 Å². The summed E-state index contributed by atoms with van der Waals surface area (Å²) >= 11 is 0. The number of rotatable bonds is 16. The maximum absolute atomic E-state index is 11.5. The van der Waals surface area contributed by atoms with E-state index in [-0.39, 0.29) is 19.3 Å². The fourth-order valence-electron chi connectivity index (χ4n) is 2.91. The van der Waals surface area contributed by atoms with Crippen molar-refractivity contribution in [3.63, 3.8) is 0 Å². The standard InChI is InChI=1S/C17H34NO5P/c1-2-3-4-5-6-7-8-9-10-13-17(22,24-23)14(16(20)21)11-12-15(18)19/h14,22H,2-13,24H2,1H3,(H2,18,19)(H,20,21). The number of carbonyl (C=O) groups is 2.